The lowest BCUT2D eigenvalue weighted by Gasteiger charge is -2.25. The Labute approximate surface area is 180 Å². The van der Waals surface area contributed by atoms with Crippen molar-refractivity contribution in [1.82, 2.24) is 10.2 Å². The molecule has 0 bridgehead atoms. The van der Waals surface area contributed by atoms with E-state index in [1.54, 1.807) is 17.0 Å². The van der Waals surface area contributed by atoms with E-state index in [1.165, 1.54) is 0 Å². The van der Waals surface area contributed by atoms with Crippen LogP contribution >= 0.6 is 0 Å². The zero-order chi connectivity index (χ0) is 21.6. The summed E-state index contributed by atoms with van der Waals surface area (Å²) in [7, 11) is 0. The van der Waals surface area contributed by atoms with Crippen LogP contribution in [-0.4, -0.2) is 47.8 Å². The predicted molar refractivity (Wildman–Crippen MR) is 112 cm³/mol. The van der Waals surface area contributed by atoms with E-state index in [2.05, 4.69) is 5.32 Å². The first-order valence-corrected chi connectivity index (χ1v) is 10.3. The summed E-state index contributed by atoms with van der Waals surface area (Å²) in [5, 5.41) is 2.94. The van der Waals surface area contributed by atoms with Crippen molar-refractivity contribution in [2.24, 2.45) is 0 Å². The molecule has 0 aromatic heterocycles. The summed E-state index contributed by atoms with van der Waals surface area (Å²) in [5.74, 6) is 0.0386. The minimum absolute atomic E-state index is 0.0274. The molecule has 0 unspecified atom stereocenters. The number of amides is 2. The molecule has 1 atom stereocenters. The van der Waals surface area contributed by atoms with Crippen LogP contribution in [-0.2, 0) is 20.8 Å². The minimum Gasteiger partial charge on any atom is -0.489 e. The zero-order valence-corrected chi connectivity index (χ0v) is 17.5. The summed E-state index contributed by atoms with van der Waals surface area (Å²) in [6.45, 7) is 4.89. The number of hydrogen-bond donors (Lipinski definition) is 1. The molecule has 1 fully saturated rings. The molecule has 2 aromatic carbocycles. The van der Waals surface area contributed by atoms with Gasteiger partial charge in [-0.05, 0) is 23.8 Å². The number of hydrogen-bond acceptors (Lipinski definition) is 5. The smallest absolute Gasteiger partial charge is 0.254 e. The molecule has 0 aliphatic carbocycles. The van der Waals surface area contributed by atoms with Crippen molar-refractivity contribution >= 4 is 11.8 Å². The van der Waals surface area contributed by atoms with Gasteiger partial charge in [0.05, 0.1) is 13.1 Å². The molecule has 2 amide bonds. The van der Waals surface area contributed by atoms with Crippen molar-refractivity contribution in [2.45, 2.75) is 31.8 Å². The number of nitrogens with one attached hydrogen (secondary N) is 1. The monoisotopic (exact) mass is 420 g/mol. The molecule has 3 heterocycles. The van der Waals surface area contributed by atoms with Crippen LogP contribution in [0.15, 0.2) is 66.1 Å². The molecule has 0 saturated carbocycles. The fraction of sp³-hybridized carbons (Fsp3) is 0.333. The third-order valence-electron chi connectivity index (χ3n) is 5.74. The minimum atomic E-state index is -0.918. The molecule has 5 rings (SSSR count). The van der Waals surface area contributed by atoms with Gasteiger partial charge in [-0.2, -0.15) is 0 Å². The Morgan fingerprint density at radius 3 is 2.61 bits per heavy atom. The number of benzene rings is 2. The second-order valence-corrected chi connectivity index (χ2v) is 8.51. The number of rotatable bonds is 5. The molecule has 160 valence electrons. The van der Waals surface area contributed by atoms with E-state index in [4.69, 9.17) is 14.2 Å². The van der Waals surface area contributed by atoms with Gasteiger partial charge in [-0.25, -0.2) is 0 Å². The molecule has 3 aliphatic heterocycles. The van der Waals surface area contributed by atoms with Crippen molar-refractivity contribution in [3.8, 4) is 0 Å². The van der Waals surface area contributed by atoms with Gasteiger partial charge in [-0.1, -0.05) is 36.4 Å². The van der Waals surface area contributed by atoms with Crippen LogP contribution in [0.3, 0.4) is 0 Å². The van der Waals surface area contributed by atoms with Crippen molar-refractivity contribution in [1.29, 1.82) is 0 Å². The predicted octanol–water partition coefficient (Wildman–Crippen LogP) is 2.84. The van der Waals surface area contributed by atoms with E-state index in [-0.39, 0.29) is 31.5 Å². The van der Waals surface area contributed by atoms with Gasteiger partial charge in [0, 0.05) is 31.5 Å². The summed E-state index contributed by atoms with van der Waals surface area (Å²) in [6.07, 6.45) is 0. The number of nitrogens with zero attached hydrogens (tertiary/aromatic N) is 1. The van der Waals surface area contributed by atoms with Gasteiger partial charge in [0.25, 0.3) is 11.8 Å². The van der Waals surface area contributed by atoms with Crippen LogP contribution in [0.5, 0.6) is 0 Å². The van der Waals surface area contributed by atoms with Gasteiger partial charge in [0.15, 0.2) is 17.1 Å². The fourth-order valence-electron chi connectivity index (χ4n) is 4.37. The second kappa shape index (κ2) is 7.13. The summed E-state index contributed by atoms with van der Waals surface area (Å²) < 4.78 is 18.2. The Morgan fingerprint density at radius 1 is 1.10 bits per heavy atom. The maximum Gasteiger partial charge on any atom is 0.254 e. The molecule has 0 spiro atoms. The van der Waals surface area contributed by atoms with E-state index in [0.717, 1.165) is 11.1 Å². The van der Waals surface area contributed by atoms with E-state index < -0.39 is 11.4 Å². The lowest BCUT2D eigenvalue weighted by atomic mass is 10.0. The van der Waals surface area contributed by atoms with Crippen LogP contribution in [0, 0.1) is 0 Å². The number of carbonyl (C=O) groups excluding carboxylic acids is 2. The highest BCUT2D eigenvalue weighted by molar-refractivity contribution is 5.98. The molecule has 0 radical (unpaired) electrons. The Balaban J connectivity index is 1.36. The third kappa shape index (κ3) is 3.45. The molecule has 7 nitrogen and oxygen atoms in total. The van der Waals surface area contributed by atoms with Gasteiger partial charge >= 0.3 is 0 Å². The van der Waals surface area contributed by atoms with E-state index in [9.17, 15) is 9.59 Å². The molecule has 2 aromatic rings. The summed E-state index contributed by atoms with van der Waals surface area (Å²) in [5.41, 5.74) is 1.37. The molecule has 1 saturated heterocycles. The highest BCUT2D eigenvalue weighted by atomic mass is 16.8. The van der Waals surface area contributed by atoms with E-state index in [0.29, 0.717) is 23.6 Å². The van der Waals surface area contributed by atoms with Gasteiger partial charge in [0.1, 0.15) is 6.61 Å². The Bertz CT molecular complexity index is 1080. The van der Waals surface area contributed by atoms with Crippen molar-refractivity contribution in [3.05, 3.63) is 82.8 Å². The lowest BCUT2D eigenvalue weighted by Crippen LogP contribution is -2.46. The van der Waals surface area contributed by atoms with Gasteiger partial charge in [-0.3, -0.25) is 9.59 Å². The molecule has 7 heteroatoms. The standard InChI is InChI=1S/C24H24N2O5/c1-23(2)30-20-19(13-26-12-17-10-6-7-11-18(17)22(26)28)29-15-24(20,31-23)14-25-21(27)16-8-4-3-5-9-16/h3-11H,12-15H2,1-2H3,(H,25,27)/t24-/m0/s1. The highest BCUT2D eigenvalue weighted by Crippen LogP contribution is 2.45. The van der Waals surface area contributed by atoms with E-state index >= 15 is 0 Å². The topological polar surface area (TPSA) is 77.1 Å². The first-order chi connectivity index (χ1) is 14.9. The second-order valence-electron chi connectivity index (χ2n) is 8.51. The quantitative estimate of drug-likeness (QED) is 0.805. The van der Waals surface area contributed by atoms with Crippen molar-refractivity contribution in [2.75, 3.05) is 19.7 Å². The molecular formula is C24H24N2O5. The first-order valence-electron chi connectivity index (χ1n) is 10.3. The molecular weight excluding hydrogens is 396 g/mol. The van der Waals surface area contributed by atoms with Gasteiger partial charge < -0.3 is 24.4 Å². The van der Waals surface area contributed by atoms with Crippen LogP contribution < -0.4 is 5.32 Å². The third-order valence-corrected chi connectivity index (χ3v) is 5.74. The Kier molecular flexibility index (Phi) is 4.51. The van der Waals surface area contributed by atoms with Crippen LogP contribution in [0.25, 0.3) is 0 Å². The average Bonchev–Trinajstić information content (AvgIpc) is 3.35. The Morgan fingerprint density at radius 2 is 1.84 bits per heavy atom. The Hall–Kier alpha value is -3.32. The maximum atomic E-state index is 12.8. The number of carbonyl (C=O) groups is 2. The number of fused-ring (bicyclic) bond motifs is 2. The first kappa shape index (κ1) is 19.6. The van der Waals surface area contributed by atoms with Crippen molar-refractivity contribution in [3.63, 3.8) is 0 Å². The zero-order valence-electron chi connectivity index (χ0n) is 17.5. The summed E-state index contributed by atoms with van der Waals surface area (Å²) in [4.78, 5) is 27.1. The fourth-order valence-corrected chi connectivity index (χ4v) is 4.37. The molecule has 3 aliphatic rings. The summed E-state index contributed by atoms with van der Waals surface area (Å²) in [6, 6.07) is 16.6. The van der Waals surface area contributed by atoms with Crippen LogP contribution in [0.2, 0.25) is 0 Å². The summed E-state index contributed by atoms with van der Waals surface area (Å²) >= 11 is 0. The lowest BCUT2D eigenvalue weighted by molar-refractivity contribution is -0.170. The highest BCUT2D eigenvalue weighted by Gasteiger charge is 2.57. The van der Waals surface area contributed by atoms with Crippen LogP contribution in [0.1, 0.15) is 40.1 Å². The maximum absolute atomic E-state index is 12.8. The van der Waals surface area contributed by atoms with Crippen molar-refractivity contribution < 1.29 is 23.8 Å². The van der Waals surface area contributed by atoms with Gasteiger partial charge in [-0.15, -0.1) is 0 Å². The normalized spacial score (nSPS) is 23.3. The number of ether oxygens (including phenoxy) is 3. The average molecular weight is 420 g/mol. The largest absolute Gasteiger partial charge is 0.489 e. The molecule has 1 N–H and O–H groups in total. The van der Waals surface area contributed by atoms with Gasteiger partial charge in [0.2, 0.25) is 5.79 Å². The van der Waals surface area contributed by atoms with E-state index in [1.807, 2.05) is 56.3 Å². The SMILES string of the molecule is CC1(C)OC2=C(CN3Cc4ccccc4C3=O)OC[C@]2(CNC(=O)c2ccccc2)O1. The molecule has 31 heavy (non-hydrogen) atoms. The van der Waals surface area contributed by atoms with Crippen LogP contribution in [0.4, 0.5) is 0 Å².